The molecule has 1 aromatic carbocycles. The lowest BCUT2D eigenvalue weighted by atomic mass is 9.85. The molecule has 3 unspecified atom stereocenters. The summed E-state index contributed by atoms with van der Waals surface area (Å²) in [6.45, 7) is 10.7. The molecule has 20 heavy (non-hydrogen) atoms. The SMILES string of the molecule is CCCC(O)C(O)CC(C)c1ccc(C(C)(C)C)cc1. The Morgan fingerprint density at radius 2 is 1.55 bits per heavy atom. The predicted octanol–water partition coefficient (Wildman–Crippen LogP) is 4.00. The van der Waals surface area contributed by atoms with Crippen molar-refractivity contribution in [3.63, 3.8) is 0 Å². The van der Waals surface area contributed by atoms with Gasteiger partial charge in [-0.05, 0) is 35.3 Å². The van der Waals surface area contributed by atoms with Crippen molar-refractivity contribution in [3.8, 4) is 0 Å². The van der Waals surface area contributed by atoms with Crippen molar-refractivity contribution in [2.45, 2.75) is 77.4 Å². The van der Waals surface area contributed by atoms with Crippen molar-refractivity contribution in [2.24, 2.45) is 0 Å². The standard InChI is InChI=1S/C18H30O2/c1-6-7-16(19)17(20)12-13(2)14-8-10-15(11-9-14)18(3,4)5/h8-11,13,16-17,19-20H,6-7,12H2,1-5H3. The van der Waals surface area contributed by atoms with Gasteiger partial charge in [-0.15, -0.1) is 0 Å². The van der Waals surface area contributed by atoms with Crippen LogP contribution in [0.4, 0.5) is 0 Å². The van der Waals surface area contributed by atoms with Crippen molar-refractivity contribution in [1.29, 1.82) is 0 Å². The quantitative estimate of drug-likeness (QED) is 0.825. The highest BCUT2D eigenvalue weighted by Gasteiger charge is 2.20. The van der Waals surface area contributed by atoms with Gasteiger partial charge in [-0.2, -0.15) is 0 Å². The topological polar surface area (TPSA) is 40.5 Å². The van der Waals surface area contributed by atoms with Gasteiger partial charge >= 0.3 is 0 Å². The Hall–Kier alpha value is -0.860. The molecule has 3 atom stereocenters. The van der Waals surface area contributed by atoms with Crippen LogP contribution < -0.4 is 0 Å². The van der Waals surface area contributed by atoms with Gasteiger partial charge < -0.3 is 10.2 Å². The second-order valence-corrected chi connectivity index (χ2v) is 6.93. The van der Waals surface area contributed by atoms with E-state index >= 15 is 0 Å². The van der Waals surface area contributed by atoms with E-state index in [-0.39, 0.29) is 11.3 Å². The van der Waals surface area contributed by atoms with E-state index in [4.69, 9.17) is 0 Å². The van der Waals surface area contributed by atoms with Gasteiger partial charge in [0.15, 0.2) is 0 Å². The Bertz CT molecular complexity index is 389. The molecule has 0 bridgehead atoms. The molecule has 2 nitrogen and oxygen atoms in total. The molecule has 114 valence electrons. The lowest BCUT2D eigenvalue weighted by molar-refractivity contribution is 0.00638. The number of hydrogen-bond donors (Lipinski definition) is 2. The van der Waals surface area contributed by atoms with Gasteiger partial charge in [0, 0.05) is 0 Å². The Morgan fingerprint density at radius 3 is 2.00 bits per heavy atom. The lowest BCUT2D eigenvalue weighted by Crippen LogP contribution is -2.27. The predicted molar refractivity (Wildman–Crippen MR) is 85.1 cm³/mol. The maximum atomic E-state index is 10.0. The summed E-state index contributed by atoms with van der Waals surface area (Å²) in [6, 6.07) is 8.62. The Morgan fingerprint density at radius 1 is 1.00 bits per heavy atom. The number of aliphatic hydroxyl groups is 2. The van der Waals surface area contributed by atoms with Crippen LogP contribution >= 0.6 is 0 Å². The van der Waals surface area contributed by atoms with Crippen molar-refractivity contribution >= 4 is 0 Å². The van der Waals surface area contributed by atoms with Gasteiger partial charge in [0.2, 0.25) is 0 Å². The van der Waals surface area contributed by atoms with E-state index in [1.807, 2.05) is 6.92 Å². The van der Waals surface area contributed by atoms with Crippen LogP contribution in [-0.2, 0) is 5.41 Å². The summed E-state index contributed by atoms with van der Waals surface area (Å²) in [4.78, 5) is 0. The maximum Gasteiger partial charge on any atom is 0.0804 e. The first-order valence-corrected chi connectivity index (χ1v) is 7.72. The first-order valence-electron chi connectivity index (χ1n) is 7.72. The molecular weight excluding hydrogens is 248 g/mol. The van der Waals surface area contributed by atoms with E-state index < -0.39 is 12.2 Å². The summed E-state index contributed by atoms with van der Waals surface area (Å²) in [5.74, 6) is 0.255. The molecule has 0 spiro atoms. The molecule has 2 N–H and O–H groups in total. The van der Waals surface area contributed by atoms with Crippen molar-refractivity contribution < 1.29 is 10.2 Å². The first kappa shape index (κ1) is 17.2. The Balaban J connectivity index is 2.66. The molecule has 0 saturated carbocycles. The van der Waals surface area contributed by atoms with Crippen LogP contribution in [0.15, 0.2) is 24.3 Å². The average Bonchev–Trinajstić information content (AvgIpc) is 2.38. The third-order valence-corrected chi connectivity index (χ3v) is 3.97. The smallest absolute Gasteiger partial charge is 0.0804 e. The zero-order valence-electron chi connectivity index (χ0n) is 13.6. The molecule has 0 heterocycles. The molecule has 1 aromatic rings. The fraction of sp³-hybridized carbons (Fsp3) is 0.667. The van der Waals surface area contributed by atoms with Crippen LogP contribution in [0.1, 0.15) is 70.9 Å². The average molecular weight is 278 g/mol. The maximum absolute atomic E-state index is 10.0. The summed E-state index contributed by atoms with van der Waals surface area (Å²) in [5, 5.41) is 19.8. The van der Waals surface area contributed by atoms with E-state index in [0.29, 0.717) is 12.8 Å². The van der Waals surface area contributed by atoms with E-state index in [1.54, 1.807) is 0 Å². The van der Waals surface area contributed by atoms with Gasteiger partial charge in [0.25, 0.3) is 0 Å². The first-order chi connectivity index (χ1) is 9.25. The van der Waals surface area contributed by atoms with Crippen LogP contribution in [0, 0.1) is 0 Å². The second-order valence-electron chi connectivity index (χ2n) is 6.93. The molecule has 2 heteroatoms. The van der Waals surface area contributed by atoms with Crippen LogP contribution in [0.3, 0.4) is 0 Å². The molecule has 0 aliphatic heterocycles. The Kier molecular flexibility index (Phi) is 6.22. The van der Waals surface area contributed by atoms with Gasteiger partial charge in [0.1, 0.15) is 0 Å². The Labute approximate surface area is 123 Å². The van der Waals surface area contributed by atoms with E-state index in [0.717, 1.165) is 6.42 Å². The van der Waals surface area contributed by atoms with E-state index in [1.165, 1.54) is 11.1 Å². The number of rotatable bonds is 6. The van der Waals surface area contributed by atoms with E-state index in [2.05, 4.69) is 52.0 Å². The van der Waals surface area contributed by atoms with Crippen LogP contribution in [0.25, 0.3) is 0 Å². The molecule has 0 aliphatic carbocycles. The monoisotopic (exact) mass is 278 g/mol. The molecule has 0 aromatic heterocycles. The minimum Gasteiger partial charge on any atom is -0.390 e. The van der Waals surface area contributed by atoms with Gasteiger partial charge in [-0.25, -0.2) is 0 Å². The fourth-order valence-corrected chi connectivity index (χ4v) is 2.46. The highest BCUT2D eigenvalue weighted by atomic mass is 16.3. The third-order valence-electron chi connectivity index (χ3n) is 3.97. The minimum atomic E-state index is -0.632. The lowest BCUT2D eigenvalue weighted by Gasteiger charge is -2.23. The normalized spacial score (nSPS) is 16.8. The molecule has 1 rings (SSSR count). The largest absolute Gasteiger partial charge is 0.390 e. The van der Waals surface area contributed by atoms with Crippen LogP contribution in [-0.4, -0.2) is 22.4 Å². The van der Waals surface area contributed by atoms with Crippen molar-refractivity contribution in [1.82, 2.24) is 0 Å². The molecule has 0 amide bonds. The number of benzene rings is 1. The van der Waals surface area contributed by atoms with Gasteiger partial charge in [-0.3, -0.25) is 0 Å². The highest BCUT2D eigenvalue weighted by molar-refractivity contribution is 5.29. The van der Waals surface area contributed by atoms with Crippen LogP contribution in [0.2, 0.25) is 0 Å². The van der Waals surface area contributed by atoms with Crippen molar-refractivity contribution in [2.75, 3.05) is 0 Å². The summed E-state index contributed by atoms with van der Waals surface area (Å²) in [6.07, 6.45) is 0.934. The van der Waals surface area contributed by atoms with Gasteiger partial charge in [-0.1, -0.05) is 65.3 Å². The van der Waals surface area contributed by atoms with Crippen LogP contribution in [0.5, 0.6) is 0 Å². The zero-order valence-corrected chi connectivity index (χ0v) is 13.6. The van der Waals surface area contributed by atoms with Gasteiger partial charge in [0.05, 0.1) is 12.2 Å². The number of aliphatic hydroxyl groups excluding tert-OH is 2. The summed E-state index contributed by atoms with van der Waals surface area (Å²) >= 11 is 0. The fourth-order valence-electron chi connectivity index (χ4n) is 2.46. The summed E-state index contributed by atoms with van der Waals surface area (Å²) < 4.78 is 0. The van der Waals surface area contributed by atoms with Crippen molar-refractivity contribution in [3.05, 3.63) is 35.4 Å². The zero-order chi connectivity index (χ0) is 15.3. The second kappa shape index (κ2) is 7.24. The molecule has 0 fully saturated rings. The molecule has 0 radical (unpaired) electrons. The number of hydrogen-bond acceptors (Lipinski definition) is 2. The molecule has 0 aliphatic rings. The minimum absolute atomic E-state index is 0.165. The summed E-state index contributed by atoms with van der Waals surface area (Å²) in [7, 11) is 0. The molecule has 0 saturated heterocycles. The van der Waals surface area contributed by atoms with E-state index in [9.17, 15) is 10.2 Å². The molecular formula is C18H30O2. The highest BCUT2D eigenvalue weighted by Crippen LogP contribution is 2.27. The third kappa shape index (κ3) is 4.92. The summed E-state index contributed by atoms with van der Waals surface area (Å²) in [5.41, 5.74) is 2.71.